The van der Waals surface area contributed by atoms with Crippen molar-refractivity contribution in [3.05, 3.63) is 54.0 Å². The molecule has 3 aromatic rings. The van der Waals surface area contributed by atoms with E-state index in [4.69, 9.17) is 16.3 Å². The maximum absolute atomic E-state index is 6.03. The van der Waals surface area contributed by atoms with Crippen LogP contribution in [0.3, 0.4) is 0 Å². The molecule has 1 aliphatic heterocycles. The third kappa shape index (κ3) is 2.16. The molecule has 1 aromatic carbocycles. The molecule has 0 bridgehead atoms. The molecule has 4 rings (SSSR count). The van der Waals surface area contributed by atoms with Crippen molar-refractivity contribution in [1.29, 1.82) is 0 Å². The van der Waals surface area contributed by atoms with Gasteiger partial charge in [0.1, 0.15) is 23.2 Å². The molecular formula is C16H14ClN3O. The molecule has 0 spiro atoms. The summed E-state index contributed by atoms with van der Waals surface area (Å²) in [7, 11) is 0. The normalized spacial score (nSPS) is 16.9. The number of halogens is 1. The SMILES string of the molecule is ClCc1nc2cccnc2n1CC1Cc2ccccc2O1. The standard InChI is InChI=1S/C16H14ClN3O/c17-9-15-19-13-5-3-7-18-16(13)20(15)10-12-8-11-4-1-2-6-14(11)21-12/h1-7,12H,8-10H2. The van der Waals surface area contributed by atoms with Gasteiger partial charge >= 0.3 is 0 Å². The first-order valence-electron chi connectivity index (χ1n) is 6.96. The van der Waals surface area contributed by atoms with E-state index in [0.717, 1.165) is 29.2 Å². The van der Waals surface area contributed by atoms with Crippen molar-refractivity contribution >= 4 is 22.8 Å². The van der Waals surface area contributed by atoms with Gasteiger partial charge in [0.05, 0.1) is 12.4 Å². The minimum atomic E-state index is 0.101. The summed E-state index contributed by atoms with van der Waals surface area (Å²) in [6.07, 6.45) is 2.79. The van der Waals surface area contributed by atoms with Crippen molar-refractivity contribution in [3.63, 3.8) is 0 Å². The first kappa shape index (κ1) is 12.7. The van der Waals surface area contributed by atoms with Gasteiger partial charge in [-0.05, 0) is 23.8 Å². The van der Waals surface area contributed by atoms with E-state index in [1.165, 1.54) is 5.56 Å². The van der Waals surface area contributed by atoms with Gasteiger partial charge in [0, 0.05) is 12.6 Å². The van der Waals surface area contributed by atoms with Crippen LogP contribution in [0.4, 0.5) is 0 Å². The Kier molecular flexibility index (Phi) is 3.04. The summed E-state index contributed by atoms with van der Waals surface area (Å²) >= 11 is 6.03. The van der Waals surface area contributed by atoms with Crippen LogP contribution in [-0.4, -0.2) is 20.6 Å². The predicted molar refractivity (Wildman–Crippen MR) is 81.6 cm³/mol. The lowest BCUT2D eigenvalue weighted by atomic mass is 10.1. The molecule has 1 aliphatic rings. The highest BCUT2D eigenvalue weighted by molar-refractivity contribution is 6.16. The summed E-state index contributed by atoms with van der Waals surface area (Å²) in [5.74, 6) is 2.19. The Labute approximate surface area is 127 Å². The first-order chi connectivity index (χ1) is 10.3. The van der Waals surface area contributed by atoms with Crippen molar-refractivity contribution in [1.82, 2.24) is 14.5 Å². The summed E-state index contributed by atoms with van der Waals surface area (Å²) in [5.41, 5.74) is 3.00. The van der Waals surface area contributed by atoms with Crippen LogP contribution >= 0.6 is 11.6 Å². The zero-order valence-electron chi connectivity index (χ0n) is 11.4. The lowest BCUT2D eigenvalue weighted by Crippen LogP contribution is -2.22. The number of aromatic nitrogens is 3. The maximum Gasteiger partial charge on any atom is 0.160 e. The molecule has 0 amide bonds. The summed E-state index contributed by atoms with van der Waals surface area (Å²) < 4.78 is 8.08. The lowest BCUT2D eigenvalue weighted by Gasteiger charge is -2.13. The molecule has 0 saturated carbocycles. The molecule has 0 N–H and O–H groups in total. The van der Waals surface area contributed by atoms with Crippen LogP contribution in [0.25, 0.3) is 11.2 Å². The van der Waals surface area contributed by atoms with Gasteiger partial charge in [0.15, 0.2) is 5.65 Å². The van der Waals surface area contributed by atoms with Gasteiger partial charge in [-0.15, -0.1) is 11.6 Å². The summed E-state index contributed by atoms with van der Waals surface area (Å²) in [6.45, 7) is 0.713. The van der Waals surface area contributed by atoms with Crippen LogP contribution in [0.15, 0.2) is 42.6 Å². The highest BCUT2D eigenvalue weighted by Gasteiger charge is 2.24. The van der Waals surface area contributed by atoms with Gasteiger partial charge in [0.2, 0.25) is 0 Å². The van der Waals surface area contributed by atoms with Crippen LogP contribution in [-0.2, 0) is 18.8 Å². The number of hydrogen-bond acceptors (Lipinski definition) is 3. The first-order valence-corrected chi connectivity index (χ1v) is 7.49. The minimum absolute atomic E-state index is 0.101. The van der Waals surface area contributed by atoms with E-state index >= 15 is 0 Å². The Hall–Kier alpha value is -2.07. The van der Waals surface area contributed by atoms with Crippen LogP contribution in [0.1, 0.15) is 11.4 Å². The van der Waals surface area contributed by atoms with Gasteiger partial charge in [-0.25, -0.2) is 9.97 Å². The molecule has 106 valence electrons. The molecule has 1 atom stereocenters. The average molecular weight is 300 g/mol. The minimum Gasteiger partial charge on any atom is -0.488 e. The Morgan fingerprint density at radius 3 is 3.00 bits per heavy atom. The number of ether oxygens (including phenoxy) is 1. The van der Waals surface area contributed by atoms with Crippen molar-refractivity contribution < 1.29 is 4.74 Å². The third-order valence-corrected chi connectivity index (χ3v) is 4.04. The maximum atomic E-state index is 6.03. The molecule has 4 nitrogen and oxygen atoms in total. The molecule has 0 fully saturated rings. The molecule has 1 unspecified atom stereocenters. The zero-order valence-corrected chi connectivity index (χ0v) is 12.1. The zero-order chi connectivity index (χ0) is 14.2. The molecule has 0 saturated heterocycles. The fraction of sp³-hybridized carbons (Fsp3) is 0.250. The van der Waals surface area contributed by atoms with E-state index < -0.39 is 0 Å². The van der Waals surface area contributed by atoms with Gasteiger partial charge in [-0.2, -0.15) is 0 Å². The molecule has 2 aromatic heterocycles. The molecule has 5 heteroatoms. The second-order valence-corrected chi connectivity index (χ2v) is 5.44. The smallest absolute Gasteiger partial charge is 0.160 e. The lowest BCUT2D eigenvalue weighted by molar-refractivity contribution is 0.209. The predicted octanol–water partition coefficient (Wildman–Crippen LogP) is 3.17. The highest BCUT2D eigenvalue weighted by atomic mass is 35.5. The van der Waals surface area contributed by atoms with Crippen LogP contribution in [0.5, 0.6) is 5.75 Å². The highest BCUT2D eigenvalue weighted by Crippen LogP contribution is 2.29. The Morgan fingerprint density at radius 1 is 1.24 bits per heavy atom. The van der Waals surface area contributed by atoms with Gasteiger partial charge < -0.3 is 9.30 Å². The number of nitrogens with zero attached hydrogens (tertiary/aromatic N) is 3. The Bertz CT molecular complexity index is 774. The van der Waals surface area contributed by atoms with E-state index in [0.29, 0.717) is 12.4 Å². The van der Waals surface area contributed by atoms with Gasteiger partial charge in [-0.1, -0.05) is 18.2 Å². The molecule has 0 aliphatic carbocycles. The number of rotatable bonds is 3. The quantitative estimate of drug-likeness (QED) is 0.697. The molecule has 3 heterocycles. The fourth-order valence-corrected chi connectivity index (χ4v) is 3.06. The number of para-hydroxylation sites is 1. The summed E-state index contributed by atoms with van der Waals surface area (Å²) in [5, 5.41) is 0. The largest absolute Gasteiger partial charge is 0.488 e. The topological polar surface area (TPSA) is 39.9 Å². The number of alkyl halides is 1. The number of benzene rings is 1. The number of hydrogen-bond donors (Lipinski definition) is 0. The van der Waals surface area contributed by atoms with Crippen molar-refractivity contribution in [2.45, 2.75) is 24.9 Å². The second-order valence-electron chi connectivity index (χ2n) is 5.17. The number of pyridine rings is 1. The van der Waals surface area contributed by atoms with Crippen molar-refractivity contribution in [2.75, 3.05) is 0 Å². The second kappa shape index (κ2) is 5.04. The van der Waals surface area contributed by atoms with Crippen molar-refractivity contribution in [2.24, 2.45) is 0 Å². The summed E-state index contributed by atoms with van der Waals surface area (Å²) in [4.78, 5) is 8.96. The Morgan fingerprint density at radius 2 is 2.14 bits per heavy atom. The third-order valence-electron chi connectivity index (χ3n) is 3.80. The van der Waals surface area contributed by atoms with Crippen LogP contribution < -0.4 is 4.74 Å². The molecule has 21 heavy (non-hydrogen) atoms. The number of fused-ring (bicyclic) bond motifs is 2. The van der Waals surface area contributed by atoms with Crippen molar-refractivity contribution in [3.8, 4) is 5.75 Å². The van der Waals surface area contributed by atoms with E-state index in [1.54, 1.807) is 6.20 Å². The monoisotopic (exact) mass is 299 g/mol. The van der Waals surface area contributed by atoms with E-state index in [1.807, 2.05) is 30.3 Å². The summed E-state index contributed by atoms with van der Waals surface area (Å²) in [6, 6.07) is 12.0. The van der Waals surface area contributed by atoms with Gasteiger partial charge in [0.25, 0.3) is 0 Å². The Balaban J connectivity index is 1.66. The molecule has 0 radical (unpaired) electrons. The average Bonchev–Trinajstić information content (AvgIpc) is 3.08. The van der Waals surface area contributed by atoms with Crippen LogP contribution in [0.2, 0.25) is 0 Å². The van der Waals surface area contributed by atoms with E-state index in [2.05, 4.69) is 20.6 Å². The van der Waals surface area contributed by atoms with E-state index in [9.17, 15) is 0 Å². The number of imidazole rings is 1. The van der Waals surface area contributed by atoms with Crippen LogP contribution in [0, 0.1) is 0 Å². The van der Waals surface area contributed by atoms with Gasteiger partial charge in [-0.3, -0.25) is 0 Å². The molecular weight excluding hydrogens is 286 g/mol. The fourth-order valence-electron chi connectivity index (χ4n) is 2.86. The van der Waals surface area contributed by atoms with E-state index in [-0.39, 0.29) is 6.10 Å².